The van der Waals surface area contributed by atoms with Gasteiger partial charge in [-0.2, -0.15) is 18.4 Å². The van der Waals surface area contributed by atoms with Crippen LogP contribution < -0.4 is 0 Å². The van der Waals surface area contributed by atoms with Crippen LogP contribution in [0.1, 0.15) is 68.4 Å². The Hall–Kier alpha value is -1.80. The first-order valence-corrected chi connectivity index (χ1v) is 10.3. The highest BCUT2D eigenvalue weighted by atomic mass is 19.4. The zero-order valence-corrected chi connectivity index (χ0v) is 16.1. The number of ether oxygens (including phenoxy) is 1. The largest absolute Gasteiger partial charge is 0.416 e. The third-order valence-corrected chi connectivity index (χ3v) is 6.29. The fraction of sp³-hybridized carbons (Fsp3) is 0.609. The Morgan fingerprint density at radius 2 is 1.61 bits per heavy atom. The molecular formula is C23H28F3NO. The molecule has 0 amide bonds. The van der Waals surface area contributed by atoms with Gasteiger partial charge in [-0.25, -0.2) is 0 Å². The van der Waals surface area contributed by atoms with Gasteiger partial charge in [-0.05, 0) is 86.8 Å². The molecule has 2 aliphatic carbocycles. The van der Waals surface area contributed by atoms with Gasteiger partial charge in [0.15, 0.2) is 0 Å². The molecule has 0 aromatic heterocycles. The maximum absolute atomic E-state index is 12.7. The molecule has 2 aliphatic rings. The van der Waals surface area contributed by atoms with Crippen molar-refractivity contribution in [2.24, 2.45) is 11.8 Å². The van der Waals surface area contributed by atoms with Gasteiger partial charge in [-0.15, -0.1) is 0 Å². The van der Waals surface area contributed by atoms with Crippen molar-refractivity contribution in [3.8, 4) is 6.07 Å². The normalized spacial score (nSPS) is 28.9. The van der Waals surface area contributed by atoms with Crippen LogP contribution in [0, 0.1) is 23.2 Å². The van der Waals surface area contributed by atoms with E-state index in [1.807, 2.05) is 6.08 Å². The van der Waals surface area contributed by atoms with E-state index in [2.05, 4.69) is 6.07 Å². The standard InChI is InChI=1S/C23H28F3NO/c24-23(25,26)21-11-9-20(10-12-21)19-7-3-18(4-8-19)16-28-22-13-5-17(6-14-22)2-1-15-27/h1-2,9-12,17-19,22H,3-8,13-14,16H2/b2-1+/t17-,18-,19-,22-. The molecule has 0 N–H and O–H groups in total. The molecule has 5 heteroatoms. The first-order valence-electron chi connectivity index (χ1n) is 10.3. The van der Waals surface area contributed by atoms with Crippen molar-refractivity contribution in [1.82, 2.24) is 0 Å². The molecule has 0 spiro atoms. The average molecular weight is 391 g/mol. The van der Waals surface area contributed by atoms with Crippen LogP contribution >= 0.6 is 0 Å². The van der Waals surface area contributed by atoms with Crippen molar-refractivity contribution in [1.29, 1.82) is 5.26 Å². The summed E-state index contributed by atoms with van der Waals surface area (Å²) < 4.78 is 44.2. The Kier molecular flexibility index (Phi) is 7.18. The molecule has 1 aromatic carbocycles. The Balaban J connectivity index is 1.38. The summed E-state index contributed by atoms with van der Waals surface area (Å²) in [7, 11) is 0. The van der Waals surface area contributed by atoms with Gasteiger partial charge in [0.1, 0.15) is 0 Å². The van der Waals surface area contributed by atoms with E-state index in [0.717, 1.165) is 63.5 Å². The molecule has 2 saturated carbocycles. The fourth-order valence-corrected chi connectivity index (χ4v) is 4.51. The van der Waals surface area contributed by atoms with E-state index in [1.54, 1.807) is 18.2 Å². The van der Waals surface area contributed by atoms with E-state index >= 15 is 0 Å². The first kappa shape index (κ1) is 20.9. The molecular weight excluding hydrogens is 363 g/mol. The molecule has 3 rings (SSSR count). The summed E-state index contributed by atoms with van der Waals surface area (Å²) in [5, 5.41) is 8.61. The molecule has 2 fully saturated rings. The molecule has 0 atom stereocenters. The molecule has 0 radical (unpaired) electrons. The average Bonchev–Trinajstić information content (AvgIpc) is 2.71. The number of nitriles is 1. The van der Waals surface area contributed by atoms with Crippen molar-refractivity contribution < 1.29 is 17.9 Å². The van der Waals surface area contributed by atoms with Gasteiger partial charge in [0, 0.05) is 12.7 Å². The summed E-state index contributed by atoms with van der Waals surface area (Å²) in [6.07, 6.45) is 8.14. The summed E-state index contributed by atoms with van der Waals surface area (Å²) in [4.78, 5) is 0. The minimum Gasteiger partial charge on any atom is -0.378 e. The number of nitrogens with zero attached hydrogens (tertiary/aromatic N) is 1. The molecule has 2 nitrogen and oxygen atoms in total. The minimum atomic E-state index is -4.27. The van der Waals surface area contributed by atoms with Crippen molar-refractivity contribution in [2.75, 3.05) is 6.61 Å². The monoisotopic (exact) mass is 391 g/mol. The number of allylic oxidation sites excluding steroid dienone is 2. The Labute approximate surface area is 165 Å². The first-order chi connectivity index (χ1) is 13.5. The van der Waals surface area contributed by atoms with Crippen molar-refractivity contribution >= 4 is 0 Å². The van der Waals surface area contributed by atoms with Gasteiger partial charge in [-0.1, -0.05) is 18.2 Å². The maximum atomic E-state index is 12.7. The summed E-state index contributed by atoms with van der Waals surface area (Å²) in [5.74, 6) is 1.43. The van der Waals surface area contributed by atoms with Crippen LogP contribution in [0.15, 0.2) is 36.4 Å². The second kappa shape index (κ2) is 9.60. The van der Waals surface area contributed by atoms with E-state index in [-0.39, 0.29) is 0 Å². The number of benzene rings is 1. The molecule has 0 unspecified atom stereocenters. The highest BCUT2D eigenvalue weighted by molar-refractivity contribution is 5.27. The number of halogens is 3. The molecule has 0 bridgehead atoms. The maximum Gasteiger partial charge on any atom is 0.416 e. The van der Waals surface area contributed by atoms with Crippen molar-refractivity contribution in [3.63, 3.8) is 0 Å². The second-order valence-corrected chi connectivity index (χ2v) is 8.20. The summed E-state index contributed by atoms with van der Waals surface area (Å²) >= 11 is 0. The molecule has 1 aromatic rings. The lowest BCUT2D eigenvalue weighted by molar-refractivity contribution is -0.137. The molecule has 0 saturated heterocycles. The van der Waals surface area contributed by atoms with Crippen LogP contribution in [0.2, 0.25) is 0 Å². The van der Waals surface area contributed by atoms with E-state index in [4.69, 9.17) is 10.00 Å². The van der Waals surface area contributed by atoms with Crippen LogP contribution in [0.3, 0.4) is 0 Å². The Morgan fingerprint density at radius 3 is 2.18 bits per heavy atom. The predicted octanol–water partition coefficient (Wildman–Crippen LogP) is 6.63. The van der Waals surface area contributed by atoms with Crippen molar-refractivity contribution in [2.45, 2.75) is 69.6 Å². The zero-order chi connectivity index (χ0) is 20.0. The summed E-state index contributed by atoms with van der Waals surface area (Å²) in [5.41, 5.74) is 0.451. The molecule has 152 valence electrons. The van der Waals surface area contributed by atoms with Gasteiger partial charge in [0.25, 0.3) is 0 Å². The number of alkyl halides is 3. The molecule has 0 heterocycles. The SMILES string of the molecule is N#C/C=C/[C@H]1CC[C@H](OC[C@H]2CC[C@H](c3ccc(C(F)(F)F)cc3)CC2)CC1. The Bertz CT molecular complexity index is 673. The van der Waals surface area contributed by atoms with Crippen LogP contribution in [0.5, 0.6) is 0 Å². The van der Waals surface area contributed by atoms with E-state index in [9.17, 15) is 13.2 Å². The number of hydrogen-bond acceptors (Lipinski definition) is 2. The van der Waals surface area contributed by atoms with Gasteiger partial charge in [-0.3, -0.25) is 0 Å². The molecule has 28 heavy (non-hydrogen) atoms. The van der Waals surface area contributed by atoms with Crippen LogP contribution in [-0.2, 0) is 10.9 Å². The lowest BCUT2D eigenvalue weighted by Gasteiger charge is -2.32. The van der Waals surface area contributed by atoms with E-state index in [1.165, 1.54) is 12.1 Å². The molecule has 0 aliphatic heterocycles. The van der Waals surface area contributed by atoms with Crippen LogP contribution in [0.4, 0.5) is 13.2 Å². The lowest BCUT2D eigenvalue weighted by Crippen LogP contribution is -2.25. The van der Waals surface area contributed by atoms with Crippen LogP contribution in [0.25, 0.3) is 0 Å². The number of rotatable bonds is 5. The van der Waals surface area contributed by atoms with E-state index in [0.29, 0.717) is 23.9 Å². The highest BCUT2D eigenvalue weighted by Crippen LogP contribution is 2.38. The quantitative estimate of drug-likeness (QED) is 0.528. The van der Waals surface area contributed by atoms with Gasteiger partial charge in [0.2, 0.25) is 0 Å². The topological polar surface area (TPSA) is 33.0 Å². The van der Waals surface area contributed by atoms with Gasteiger partial charge >= 0.3 is 6.18 Å². The summed E-state index contributed by atoms with van der Waals surface area (Å²) in [6.45, 7) is 0.795. The lowest BCUT2D eigenvalue weighted by atomic mass is 9.79. The van der Waals surface area contributed by atoms with Crippen LogP contribution in [-0.4, -0.2) is 12.7 Å². The predicted molar refractivity (Wildman–Crippen MR) is 103 cm³/mol. The third-order valence-electron chi connectivity index (χ3n) is 6.29. The summed E-state index contributed by atoms with van der Waals surface area (Å²) in [6, 6.07) is 7.74. The number of hydrogen-bond donors (Lipinski definition) is 0. The third kappa shape index (κ3) is 5.85. The fourth-order valence-electron chi connectivity index (χ4n) is 4.51. The second-order valence-electron chi connectivity index (χ2n) is 8.20. The van der Waals surface area contributed by atoms with Gasteiger partial charge < -0.3 is 4.74 Å². The van der Waals surface area contributed by atoms with Crippen molar-refractivity contribution in [3.05, 3.63) is 47.5 Å². The zero-order valence-electron chi connectivity index (χ0n) is 16.1. The Morgan fingerprint density at radius 1 is 0.964 bits per heavy atom. The minimum absolute atomic E-state index is 0.333. The highest BCUT2D eigenvalue weighted by Gasteiger charge is 2.31. The van der Waals surface area contributed by atoms with Gasteiger partial charge in [0.05, 0.1) is 17.7 Å². The van der Waals surface area contributed by atoms with E-state index < -0.39 is 11.7 Å². The smallest absolute Gasteiger partial charge is 0.378 e.